The molecule has 0 saturated carbocycles. The summed E-state index contributed by atoms with van der Waals surface area (Å²) in [5, 5.41) is 14.6. The fraction of sp³-hybridized carbons (Fsp3) is 0.452. The van der Waals surface area contributed by atoms with Gasteiger partial charge in [-0.15, -0.1) is 0 Å². The van der Waals surface area contributed by atoms with Gasteiger partial charge in [-0.05, 0) is 95.8 Å². The maximum absolute atomic E-state index is 12.4. The fourth-order valence-electron chi connectivity index (χ4n) is 4.87. The van der Waals surface area contributed by atoms with Crippen LogP contribution in [0.25, 0.3) is 23.1 Å². The number of hydrogen-bond donors (Lipinski definition) is 0. The molecule has 0 atom stereocenters. The van der Waals surface area contributed by atoms with E-state index in [0.717, 1.165) is 78.7 Å². The van der Waals surface area contributed by atoms with E-state index in [-0.39, 0.29) is 6.09 Å². The number of hydrogen-bond acceptors (Lipinski definition) is 6. The van der Waals surface area contributed by atoms with Crippen LogP contribution in [0.3, 0.4) is 0 Å². The molecular formula is C31H38N4O3. The standard InChI is InChI=1S/C31H38N4O3/c1-31(2,3)37-30(36)35-18-16-23(17-19-35)11-15-28-26-14-13-25(27(21-34(4)5)29(26)38-33-28)12-10-22-6-8-24(20-32)9-7-22/h6-10,12-14,23H,11,15-19,21H2,1-5H3. The molecule has 2 heterocycles. The van der Waals surface area contributed by atoms with Gasteiger partial charge in [0.15, 0.2) is 5.58 Å². The SMILES string of the molecule is CN(C)Cc1c(C=Cc2ccc(C#N)cc2)ccc2c(CCC3CCN(C(=O)OC(C)(C)C)CC3)noc12. The summed E-state index contributed by atoms with van der Waals surface area (Å²) in [4.78, 5) is 16.3. The summed E-state index contributed by atoms with van der Waals surface area (Å²) in [6.45, 7) is 7.92. The molecule has 7 nitrogen and oxygen atoms in total. The van der Waals surface area contributed by atoms with Gasteiger partial charge in [-0.25, -0.2) is 4.79 Å². The van der Waals surface area contributed by atoms with Crippen molar-refractivity contribution < 1.29 is 14.1 Å². The molecule has 0 spiro atoms. The largest absolute Gasteiger partial charge is 0.444 e. The molecule has 7 heteroatoms. The van der Waals surface area contributed by atoms with E-state index in [1.54, 1.807) is 0 Å². The van der Waals surface area contributed by atoms with Crippen molar-refractivity contribution >= 4 is 29.2 Å². The zero-order valence-electron chi connectivity index (χ0n) is 23.2. The quantitative estimate of drug-likeness (QED) is 0.334. The number of fused-ring (bicyclic) bond motifs is 1. The third kappa shape index (κ3) is 7.02. The lowest BCUT2D eigenvalue weighted by atomic mass is 9.91. The number of likely N-dealkylation sites (tertiary alicyclic amines) is 1. The summed E-state index contributed by atoms with van der Waals surface area (Å²) in [5.41, 5.74) is 5.27. The molecule has 1 aliphatic rings. The van der Waals surface area contributed by atoms with Gasteiger partial charge in [0, 0.05) is 30.6 Å². The van der Waals surface area contributed by atoms with E-state index in [2.05, 4.69) is 40.4 Å². The van der Waals surface area contributed by atoms with Crippen LogP contribution in [0.15, 0.2) is 40.9 Å². The lowest BCUT2D eigenvalue weighted by Gasteiger charge is -2.33. The molecule has 0 aliphatic carbocycles. The molecule has 3 aromatic rings. The summed E-state index contributed by atoms with van der Waals surface area (Å²) in [6.07, 6.45) is 7.77. The van der Waals surface area contributed by atoms with Crippen LogP contribution >= 0.6 is 0 Å². The van der Waals surface area contributed by atoms with E-state index in [9.17, 15) is 4.79 Å². The lowest BCUT2D eigenvalue weighted by molar-refractivity contribution is 0.0181. The fourth-order valence-corrected chi connectivity index (χ4v) is 4.87. The zero-order chi connectivity index (χ0) is 27.3. The number of nitriles is 1. The smallest absolute Gasteiger partial charge is 0.410 e. The highest BCUT2D eigenvalue weighted by atomic mass is 16.6. The Hall–Kier alpha value is -3.63. The van der Waals surface area contributed by atoms with Crippen LogP contribution in [0.4, 0.5) is 4.79 Å². The van der Waals surface area contributed by atoms with Gasteiger partial charge in [0.1, 0.15) is 5.60 Å². The second-order valence-corrected chi connectivity index (χ2v) is 11.4. The second kappa shape index (κ2) is 11.8. The van der Waals surface area contributed by atoms with Gasteiger partial charge in [-0.1, -0.05) is 35.5 Å². The number of ether oxygens (including phenoxy) is 1. The molecule has 0 unspecified atom stereocenters. The van der Waals surface area contributed by atoms with Crippen LogP contribution in [-0.4, -0.2) is 53.8 Å². The summed E-state index contributed by atoms with van der Waals surface area (Å²) >= 11 is 0. The summed E-state index contributed by atoms with van der Waals surface area (Å²) in [7, 11) is 4.10. The Kier molecular flexibility index (Phi) is 8.53. The van der Waals surface area contributed by atoms with Gasteiger partial charge in [-0.2, -0.15) is 5.26 Å². The topological polar surface area (TPSA) is 82.6 Å². The summed E-state index contributed by atoms with van der Waals surface area (Å²) in [5.74, 6) is 0.552. The third-order valence-corrected chi connectivity index (χ3v) is 6.88. The Morgan fingerprint density at radius 3 is 2.50 bits per heavy atom. The van der Waals surface area contributed by atoms with Crippen LogP contribution in [0.1, 0.15) is 68.0 Å². The van der Waals surface area contributed by atoms with Gasteiger partial charge < -0.3 is 19.1 Å². The minimum atomic E-state index is -0.466. The molecule has 1 aromatic heterocycles. The molecule has 200 valence electrons. The van der Waals surface area contributed by atoms with Gasteiger partial charge in [0.05, 0.1) is 17.3 Å². The number of piperidine rings is 1. The average molecular weight is 515 g/mol. The van der Waals surface area contributed by atoms with Crippen molar-refractivity contribution in [3.8, 4) is 6.07 Å². The molecule has 1 aliphatic heterocycles. The van der Waals surface area contributed by atoms with E-state index < -0.39 is 5.60 Å². The van der Waals surface area contributed by atoms with Crippen molar-refractivity contribution in [3.63, 3.8) is 0 Å². The number of nitrogens with zero attached hydrogens (tertiary/aromatic N) is 4. The average Bonchev–Trinajstić information content (AvgIpc) is 3.29. The van der Waals surface area contributed by atoms with Crippen molar-refractivity contribution in [2.45, 2.75) is 58.6 Å². The van der Waals surface area contributed by atoms with Crippen LogP contribution in [-0.2, 0) is 17.7 Å². The van der Waals surface area contributed by atoms with Crippen molar-refractivity contribution in [3.05, 3.63) is 64.3 Å². The van der Waals surface area contributed by atoms with Crippen LogP contribution in [0.5, 0.6) is 0 Å². The number of aryl methyl sites for hydroxylation is 1. The molecule has 0 N–H and O–H groups in total. The van der Waals surface area contributed by atoms with Crippen molar-refractivity contribution in [2.75, 3.05) is 27.2 Å². The molecule has 0 bridgehead atoms. The first-order valence-electron chi connectivity index (χ1n) is 13.3. The van der Waals surface area contributed by atoms with E-state index >= 15 is 0 Å². The lowest BCUT2D eigenvalue weighted by Crippen LogP contribution is -2.41. The Labute approximate surface area is 225 Å². The summed E-state index contributed by atoms with van der Waals surface area (Å²) < 4.78 is 11.4. The molecule has 1 saturated heterocycles. The van der Waals surface area contributed by atoms with Crippen molar-refractivity contribution in [2.24, 2.45) is 5.92 Å². The van der Waals surface area contributed by atoms with Gasteiger partial charge >= 0.3 is 6.09 Å². The molecule has 4 rings (SSSR count). The van der Waals surface area contributed by atoms with Gasteiger partial charge in [-0.3, -0.25) is 0 Å². The monoisotopic (exact) mass is 514 g/mol. The molecule has 2 aromatic carbocycles. The van der Waals surface area contributed by atoms with Crippen LogP contribution in [0, 0.1) is 17.2 Å². The highest BCUT2D eigenvalue weighted by molar-refractivity contribution is 5.87. The van der Waals surface area contributed by atoms with E-state index in [1.165, 1.54) is 0 Å². The highest BCUT2D eigenvalue weighted by Crippen LogP contribution is 2.30. The Morgan fingerprint density at radius 1 is 1.16 bits per heavy atom. The second-order valence-electron chi connectivity index (χ2n) is 11.4. The van der Waals surface area contributed by atoms with Crippen LogP contribution < -0.4 is 0 Å². The maximum atomic E-state index is 12.4. The normalized spacial score (nSPS) is 14.9. The highest BCUT2D eigenvalue weighted by Gasteiger charge is 2.27. The molecular weight excluding hydrogens is 476 g/mol. The van der Waals surface area contributed by atoms with E-state index in [1.807, 2.05) is 64.0 Å². The number of carbonyl (C=O) groups is 1. The Bertz CT molecular complexity index is 1320. The Balaban J connectivity index is 1.44. The number of rotatable bonds is 7. The minimum absolute atomic E-state index is 0.212. The Morgan fingerprint density at radius 2 is 1.87 bits per heavy atom. The number of amides is 1. The molecule has 38 heavy (non-hydrogen) atoms. The van der Waals surface area contributed by atoms with Gasteiger partial charge in [0.2, 0.25) is 0 Å². The third-order valence-electron chi connectivity index (χ3n) is 6.88. The predicted octanol–water partition coefficient (Wildman–Crippen LogP) is 6.51. The van der Waals surface area contributed by atoms with E-state index in [4.69, 9.17) is 14.5 Å². The first kappa shape index (κ1) is 27.4. The summed E-state index contributed by atoms with van der Waals surface area (Å²) in [6, 6.07) is 14.0. The molecule has 0 radical (unpaired) electrons. The minimum Gasteiger partial charge on any atom is -0.444 e. The predicted molar refractivity (Wildman–Crippen MR) is 150 cm³/mol. The zero-order valence-corrected chi connectivity index (χ0v) is 23.2. The number of benzene rings is 2. The van der Waals surface area contributed by atoms with Crippen LogP contribution in [0.2, 0.25) is 0 Å². The van der Waals surface area contributed by atoms with Crippen molar-refractivity contribution in [1.82, 2.24) is 15.0 Å². The molecule has 1 amide bonds. The van der Waals surface area contributed by atoms with Crippen molar-refractivity contribution in [1.29, 1.82) is 5.26 Å². The first-order valence-corrected chi connectivity index (χ1v) is 13.3. The maximum Gasteiger partial charge on any atom is 0.410 e. The van der Waals surface area contributed by atoms with Gasteiger partial charge in [0.25, 0.3) is 0 Å². The van der Waals surface area contributed by atoms with E-state index in [0.29, 0.717) is 11.5 Å². The first-order chi connectivity index (χ1) is 18.1. The number of carbonyl (C=O) groups excluding carboxylic acids is 1. The number of aromatic nitrogens is 1. The molecule has 1 fully saturated rings.